The van der Waals surface area contributed by atoms with Gasteiger partial charge in [0.05, 0.1) is 5.02 Å². The Morgan fingerprint density at radius 1 is 0.935 bits per heavy atom. The largest absolute Gasteiger partial charge is 0.487 e. The van der Waals surface area contributed by atoms with E-state index < -0.39 is 0 Å². The summed E-state index contributed by atoms with van der Waals surface area (Å²) in [4.78, 5) is 17.0. The van der Waals surface area contributed by atoms with Gasteiger partial charge in [-0.25, -0.2) is 4.39 Å². The Hall–Kier alpha value is -2.89. The van der Waals surface area contributed by atoms with E-state index in [1.807, 2.05) is 59.5 Å². The van der Waals surface area contributed by atoms with Crippen LogP contribution in [0.25, 0.3) is 0 Å². The van der Waals surface area contributed by atoms with E-state index in [9.17, 15) is 9.18 Å². The number of carbonyl (C=O) groups excluding carboxylic acids is 1. The summed E-state index contributed by atoms with van der Waals surface area (Å²) in [6.45, 7) is 3.57. The summed E-state index contributed by atoms with van der Waals surface area (Å²) in [7, 11) is 0. The van der Waals surface area contributed by atoms with Gasteiger partial charge in [0.2, 0.25) is 0 Å². The molecule has 0 N–H and O–H groups in total. The fraction of sp³-hybridized carbons (Fsp3) is 0.240. The SMILES string of the molecule is O=C(c1cccc(COc2ccccc2Cl)c1)N1CCN(Cc2ccccc2F)CC1. The third kappa shape index (κ3) is 5.43. The van der Waals surface area contributed by atoms with E-state index in [0.29, 0.717) is 48.1 Å². The van der Waals surface area contributed by atoms with E-state index in [1.54, 1.807) is 12.1 Å². The maximum Gasteiger partial charge on any atom is 0.253 e. The minimum absolute atomic E-state index is 0.00475. The van der Waals surface area contributed by atoms with Gasteiger partial charge in [0.15, 0.2) is 0 Å². The molecular formula is C25H24ClFN2O2. The number of piperazine rings is 1. The van der Waals surface area contributed by atoms with Crippen LogP contribution < -0.4 is 4.74 Å². The van der Waals surface area contributed by atoms with E-state index in [1.165, 1.54) is 6.07 Å². The average molecular weight is 439 g/mol. The topological polar surface area (TPSA) is 32.8 Å². The predicted octanol–water partition coefficient (Wildman–Crippen LogP) is 5.02. The molecule has 31 heavy (non-hydrogen) atoms. The van der Waals surface area contributed by atoms with Crippen molar-refractivity contribution >= 4 is 17.5 Å². The van der Waals surface area contributed by atoms with Crippen LogP contribution in [0.4, 0.5) is 4.39 Å². The number of nitrogens with zero attached hydrogens (tertiary/aromatic N) is 2. The van der Waals surface area contributed by atoms with Crippen LogP contribution in [0.2, 0.25) is 5.02 Å². The Bertz CT molecular complexity index is 1050. The molecule has 160 valence electrons. The molecule has 1 aliphatic rings. The number of halogens is 2. The summed E-state index contributed by atoms with van der Waals surface area (Å²) in [6.07, 6.45) is 0. The first-order chi connectivity index (χ1) is 15.1. The van der Waals surface area contributed by atoms with Crippen LogP contribution >= 0.6 is 11.6 Å². The molecule has 1 aliphatic heterocycles. The van der Waals surface area contributed by atoms with Crippen molar-refractivity contribution in [3.05, 3.63) is 100 Å². The van der Waals surface area contributed by atoms with Crippen molar-refractivity contribution in [1.29, 1.82) is 0 Å². The molecule has 4 nitrogen and oxygen atoms in total. The van der Waals surface area contributed by atoms with Gasteiger partial charge in [-0.3, -0.25) is 9.69 Å². The molecule has 0 bridgehead atoms. The van der Waals surface area contributed by atoms with Crippen molar-refractivity contribution < 1.29 is 13.9 Å². The van der Waals surface area contributed by atoms with Crippen LogP contribution in [0, 0.1) is 5.82 Å². The van der Waals surface area contributed by atoms with Crippen LogP contribution in [0.5, 0.6) is 5.75 Å². The molecular weight excluding hydrogens is 415 g/mol. The van der Waals surface area contributed by atoms with Crippen LogP contribution in [-0.4, -0.2) is 41.9 Å². The summed E-state index contributed by atoms with van der Waals surface area (Å²) < 4.78 is 19.7. The molecule has 0 aliphatic carbocycles. The molecule has 0 spiro atoms. The molecule has 1 heterocycles. The standard InChI is InChI=1S/C25H24ClFN2O2/c26-22-9-2-4-11-24(22)31-18-19-6-5-8-20(16-19)25(30)29-14-12-28(13-15-29)17-21-7-1-3-10-23(21)27/h1-11,16H,12-15,17-18H2. The first kappa shape index (κ1) is 21.3. The van der Waals surface area contributed by atoms with Gasteiger partial charge in [-0.2, -0.15) is 0 Å². The fourth-order valence-electron chi connectivity index (χ4n) is 3.68. The zero-order valence-electron chi connectivity index (χ0n) is 17.1. The van der Waals surface area contributed by atoms with E-state index >= 15 is 0 Å². The lowest BCUT2D eigenvalue weighted by molar-refractivity contribution is 0.0627. The van der Waals surface area contributed by atoms with Crippen LogP contribution in [0.1, 0.15) is 21.5 Å². The molecule has 0 aromatic heterocycles. The molecule has 3 aromatic rings. The van der Waals surface area contributed by atoms with Gasteiger partial charge in [-0.05, 0) is 35.9 Å². The van der Waals surface area contributed by atoms with Crippen molar-refractivity contribution in [2.75, 3.05) is 26.2 Å². The lowest BCUT2D eigenvalue weighted by Gasteiger charge is -2.35. The average Bonchev–Trinajstić information content (AvgIpc) is 2.80. The molecule has 3 aromatic carbocycles. The highest BCUT2D eigenvalue weighted by Gasteiger charge is 2.23. The zero-order chi connectivity index (χ0) is 21.6. The van der Waals surface area contributed by atoms with Crippen LogP contribution in [0.3, 0.4) is 0 Å². The molecule has 0 radical (unpaired) electrons. The lowest BCUT2D eigenvalue weighted by atomic mass is 10.1. The fourth-order valence-corrected chi connectivity index (χ4v) is 3.87. The number of para-hydroxylation sites is 1. The van der Waals surface area contributed by atoms with Gasteiger partial charge >= 0.3 is 0 Å². The second-order valence-corrected chi connectivity index (χ2v) is 7.99. The summed E-state index contributed by atoms with van der Waals surface area (Å²) >= 11 is 6.13. The molecule has 1 fully saturated rings. The number of hydrogen-bond donors (Lipinski definition) is 0. The Kier molecular flexibility index (Phi) is 6.85. The summed E-state index contributed by atoms with van der Waals surface area (Å²) in [5.74, 6) is 0.439. The number of rotatable bonds is 6. The Morgan fingerprint density at radius 2 is 1.68 bits per heavy atom. The maximum atomic E-state index is 13.9. The van der Waals surface area contributed by atoms with Crippen molar-refractivity contribution in [2.24, 2.45) is 0 Å². The summed E-state index contributed by atoms with van der Waals surface area (Å²) in [6, 6.07) is 21.6. The smallest absolute Gasteiger partial charge is 0.253 e. The molecule has 6 heteroatoms. The van der Waals surface area contributed by atoms with Gasteiger partial charge in [-0.1, -0.05) is 54.1 Å². The number of amides is 1. The first-order valence-electron chi connectivity index (χ1n) is 10.3. The highest BCUT2D eigenvalue weighted by molar-refractivity contribution is 6.32. The molecule has 0 atom stereocenters. The van der Waals surface area contributed by atoms with Crippen molar-refractivity contribution in [1.82, 2.24) is 9.80 Å². The zero-order valence-corrected chi connectivity index (χ0v) is 17.9. The summed E-state index contributed by atoms with van der Waals surface area (Å²) in [5.41, 5.74) is 2.24. The number of ether oxygens (including phenoxy) is 1. The van der Waals surface area contributed by atoms with Gasteiger partial charge in [0.1, 0.15) is 18.2 Å². The summed E-state index contributed by atoms with van der Waals surface area (Å²) in [5, 5.41) is 0.558. The number of carbonyl (C=O) groups is 1. The van der Waals surface area contributed by atoms with Crippen molar-refractivity contribution in [3.63, 3.8) is 0 Å². The minimum Gasteiger partial charge on any atom is -0.487 e. The third-order valence-electron chi connectivity index (χ3n) is 5.42. The van der Waals surface area contributed by atoms with E-state index in [2.05, 4.69) is 4.90 Å². The van der Waals surface area contributed by atoms with E-state index in [0.717, 1.165) is 18.7 Å². The molecule has 0 unspecified atom stereocenters. The van der Waals surface area contributed by atoms with E-state index in [-0.39, 0.29) is 11.7 Å². The molecule has 0 saturated carbocycles. The molecule has 4 rings (SSSR count). The predicted molar refractivity (Wildman–Crippen MR) is 120 cm³/mol. The first-order valence-corrected chi connectivity index (χ1v) is 10.7. The van der Waals surface area contributed by atoms with Crippen molar-refractivity contribution in [2.45, 2.75) is 13.2 Å². The second-order valence-electron chi connectivity index (χ2n) is 7.58. The van der Waals surface area contributed by atoms with Gasteiger partial charge in [0.25, 0.3) is 5.91 Å². The van der Waals surface area contributed by atoms with Crippen LogP contribution in [0.15, 0.2) is 72.8 Å². The lowest BCUT2D eigenvalue weighted by Crippen LogP contribution is -2.48. The molecule has 1 amide bonds. The highest BCUT2D eigenvalue weighted by atomic mass is 35.5. The van der Waals surface area contributed by atoms with Gasteiger partial charge < -0.3 is 9.64 Å². The second kappa shape index (κ2) is 9.94. The van der Waals surface area contributed by atoms with Gasteiger partial charge in [-0.15, -0.1) is 0 Å². The highest BCUT2D eigenvalue weighted by Crippen LogP contribution is 2.24. The van der Waals surface area contributed by atoms with Gasteiger partial charge in [0, 0.05) is 43.9 Å². The Labute approximate surface area is 186 Å². The normalized spacial score (nSPS) is 14.5. The Balaban J connectivity index is 1.33. The maximum absolute atomic E-state index is 13.9. The molecule has 1 saturated heterocycles. The Morgan fingerprint density at radius 3 is 2.45 bits per heavy atom. The monoisotopic (exact) mass is 438 g/mol. The quantitative estimate of drug-likeness (QED) is 0.542. The van der Waals surface area contributed by atoms with Crippen LogP contribution in [-0.2, 0) is 13.2 Å². The van der Waals surface area contributed by atoms with E-state index in [4.69, 9.17) is 16.3 Å². The third-order valence-corrected chi connectivity index (χ3v) is 5.73. The number of benzene rings is 3. The number of hydrogen-bond acceptors (Lipinski definition) is 3. The minimum atomic E-state index is -0.183. The van der Waals surface area contributed by atoms with Crippen molar-refractivity contribution in [3.8, 4) is 5.75 Å².